The van der Waals surface area contributed by atoms with Gasteiger partial charge in [0.1, 0.15) is 12.3 Å². The third-order valence-corrected chi connectivity index (χ3v) is 5.32. The van der Waals surface area contributed by atoms with E-state index in [0.29, 0.717) is 11.9 Å². The summed E-state index contributed by atoms with van der Waals surface area (Å²) in [6.45, 7) is 13.2. The number of anilines is 1. The van der Waals surface area contributed by atoms with Crippen molar-refractivity contribution in [2.45, 2.75) is 71.6 Å². The van der Waals surface area contributed by atoms with Crippen molar-refractivity contribution in [2.75, 3.05) is 31.5 Å². The van der Waals surface area contributed by atoms with Crippen LogP contribution < -0.4 is 20.7 Å². The number of ether oxygens (including phenoxy) is 1. The van der Waals surface area contributed by atoms with Crippen LogP contribution in [0.1, 0.15) is 53.9 Å². The van der Waals surface area contributed by atoms with E-state index in [4.69, 9.17) is 4.74 Å². The highest BCUT2D eigenvalue weighted by Crippen LogP contribution is 2.31. The molecule has 1 aliphatic heterocycles. The lowest BCUT2D eigenvalue weighted by Crippen LogP contribution is -2.42. The summed E-state index contributed by atoms with van der Waals surface area (Å²) in [6, 6.07) is 8.64. The first-order valence-electron chi connectivity index (χ1n) is 11.5. The Morgan fingerprint density at radius 1 is 1.19 bits per heavy atom. The lowest BCUT2D eigenvalue weighted by Gasteiger charge is -2.20. The van der Waals surface area contributed by atoms with Crippen molar-refractivity contribution in [3.8, 4) is 5.75 Å². The van der Waals surface area contributed by atoms with Gasteiger partial charge in [-0.15, -0.1) is 24.0 Å². The molecule has 3 rings (SSSR count). The molecule has 8 heteroatoms. The van der Waals surface area contributed by atoms with Crippen molar-refractivity contribution in [1.29, 1.82) is 0 Å². The molecule has 3 N–H and O–H groups in total. The Hall–Kier alpha value is -1.55. The third-order valence-electron chi connectivity index (χ3n) is 5.32. The fourth-order valence-corrected chi connectivity index (χ4v) is 3.82. The molecule has 32 heavy (non-hydrogen) atoms. The molecule has 7 nitrogen and oxygen atoms in total. The van der Waals surface area contributed by atoms with Crippen LogP contribution in [0.4, 0.5) is 5.69 Å². The van der Waals surface area contributed by atoms with E-state index in [0.717, 1.165) is 30.6 Å². The number of carbonyl (C=O) groups excluding carboxylic acids is 1. The van der Waals surface area contributed by atoms with Gasteiger partial charge in [-0.2, -0.15) is 0 Å². The number of hydrogen-bond donors (Lipinski definition) is 3. The van der Waals surface area contributed by atoms with Crippen LogP contribution in [0.5, 0.6) is 5.75 Å². The second-order valence-electron chi connectivity index (χ2n) is 10.0. The Morgan fingerprint density at radius 2 is 1.88 bits per heavy atom. The molecule has 1 heterocycles. The average Bonchev–Trinajstić information content (AvgIpc) is 3.42. The number of guanidine groups is 1. The minimum absolute atomic E-state index is 0. The summed E-state index contributed by atoms with van der Waals surface area (Å²) in [5.74, 6) is 1.99. The average molecular weight is 558 g/mol. The van der Waals surface area contributed by atoms with Crippen molar-refractivity contribution < 1.29 is 9.53 Å². The number of likely N-dealkylation sites (tertiary alicyclic amines) is 1. The fraction of sp³-hybridized carbons (Fsp3) is 0.667. The highest BCUT2D eigenvalue weighted by molar-refractivity contribution is 14.0. The molecule has 1 unspecified atom stereocenters. The zero-order chi connectivity index (χ0) is 22.4. The van der Waals surface area contributed by atoms with Crippen LogP contribution in [0.15, 0.2) is 29.3 Å². The second kappa shape index (κ2) is 12.1. The minimum Gasteiger partial charge on any atom is -0.491 e. The van der Waals surface area contributed by atoms with Crippen LogP contribution in [0.2, 0.25) is 0 Å². The van der Waals surface area contributed by atoms with Crippen molar-refractivity contribution in [1.82, 2.24) is 15.5 Å². The number of nitrogens with one attached hydrogen (secondary N) is 3. The number of carbonyl (C=O) groups is 1. The molecule has 1 saturated carbocycles. The Balaban J connectivity index is 0.00000363. The molecule has 0 aromatic heterocycles. The summed E-state index contributed by atoms with van der Waals surface area (Å²) in [6.07, 6.45) is 4.06. The van der Waals surface area contributed by atoms with E-state index in [9.17, 15) is 4.79 Å². The quantitative estimate of drug-likeness (QED) is 0.257. The maximum Gasteiger partial charge on any atom is 0.242 e. The number of hydrogen-bond acceptors (Lipinski definition) is 4. The van der Waals surface area contributed by atoms with Crippen molar-refractivity contribution in [2.24, 2.45) is 10.9 Å². The molecule has 1 aromatic rings. The highest BCUT2D eigenvalue weighted by atomic mass is 127. The normalized spacial score (nSPS) is 19.4. The Labute approximate surface area is 210 Å². The first-order chi connectivity index (χ1) is 14.7. The standard InChI is InChI=1S/C24H39N5O2.HI/c1-17(2)31-21-10-6-19(7-11-21)27-23(26-15-22(30)28-24(3,4)5)25-14-18-12-13-29(16-18)20-8-9-20;/h6-7,10-11,17-18,20H,8-9,12-16H2,1-5H3,(H,28,30)(H2,25,26,27);1H. The maximum absolute atomic E-state index is 12.3. The van der Waals surface area contributed by atoms with Gasteiger partial charge in [0.05, 0.1) is 6.10 Å². The van der Waals surface area contributed by atoms with E-state index in [1.807, 2.05) is 58.9 Å². The molecule has 2 aliphatic rings. The molecule has 1 aromatic carbocycles. The first kappa shape index (κ1) is 26.7. The van der Waals surface area contributed by atoms with Gasteiger partial charge in [0.2, 0.25) is 5.91 Å². The number of halogens is 1. The number of rotatable bonds is 8. The van der Waals surface area contributed by atoms with Gasteiger partial charge < -0.3 is 25.6 Å². The molecule has 1 aliphatic carbocycles. The number of amides is 1. The molecular formula is C24H40IN5O2. The van der Waals surface area contributed by atoms with Crippen LogP contribution >= 0.6 is 24.0 Å². The monoisotopic (exact) mass is 557 g/mol. The summed E-state index contributed by atoms with van der Waals surface area (Å²) < 4.78 is 5.72. The van der Waals surface area contributed by atoms with E-state index in [1.54, 1.807) is 0 Å². The summed E-state index contributed by atoms with van der Waals surface area (Å²) in [5, 5.41) is 9.76. The SMILES string of the molecule is CC(C)Oc1ccc(NC(=NCC(=O)NC(C)(C)C)NCC2CCN(C3CC3)C2)cc1.I. The number of nitrogens with zero attached hydrogens (tertiary/aromatic N) is 2. The minimum atomic E-state index is -0.268. The van der Waals surface area contributed by atoms with Crippen molar-refractivity contribution in [3.63, 3.8) is 0 Å². The molecule has 1 saturated heterocycles. The van der Waals surface area contributed by atoms with Crippen LogP contribution in [-0.4, -0.2) is 60.6 Å². The van der Waals surface area contributed by atoms with Crippen LogP contribution in [0.25, 0.3) is 0 Å². The van der Waals surface area contributed by atoms with E-state index < -0.39 is 0 Å². The molecule has 1 amide bonds. The largest absolute Gasteiger partial charge is 0.491 e. The fourth-order valence-electron chi connectivity index (χ4n) is 3.82. The van der Waals surface area contributed by atoms with E-state index in [2.05, 4.69) is 25.8 Å². The van der Waals surface area contributed by atoms with Crippen molar-refractivity contribution in [3.05, 3.63) is 24.3 Å². The van der Waals surface area contributed by atoms with Gasteiger partial charge in [0, 0.05) is 30.4 Å². The Bertz CT molecular complexity index is 757. The van der Waals surface area contributed by atoms with E-state index in [-0.39, 0.29) is 48.1 Å². The lowest BCUT2D eigenvalue weighted by atomic mass is 10.1. The maximum atomic E-state index is 12.3. The second-order valence-corrected chi connectivity index (χ2v) is 10.0. The van der Waals surface area contributed by atoms with Crippen LogP contribution in [-0.2, 0) is 4.79 Å². The number of aliphatic imine (C=N–C) groups is 1. The highest BCUT2D eigenvalue weighted by Gasteiger charge is 2.34. The molecule has 1 atom stereocenters. The molecule has 0 spiro atoms. The van der Waals surface area contributed by atoms with Gasteiger partial charge in [-0.25, -0.2) is 4.99 Å². The predicted octanol–water partition coefficient (Wildman–Crippen LogP) is 3.85. The smallest absolute Gasteiger partial charge is 0.242 e. The molecule has 0 bridgehead atoms. The van der Waals surface area contributed by atoms with Gasteiger partial charge in [-0.05, 0) is 90.6 Å². The lowest BCUT2D eigenvalue weighted by molar-refractivity contribution is -0.121. The summed E-state index contributed by atoms with van der Waals surface area (Å²) in [5.41, 5.74) is 0.639. The van der Waals surface area contributed by atoms with Crippen LogP contribution in [0.3, 0.4) is 0 Å². The molecule has 2 fully saturated rings. The van der Waals surface area contributed by atoms with Gasteiger partial charge in [-0.3, -0.25) is 4.79 Å². The zero-order valence-electron chi connectivity index (χ0n) is 20.1. The summed E-state index contributed by atoms with van der Waals surface area (Å²) in [7, 11) is 0. The summed E-state index contributed by atoms with van der Waals surface area (Å²) >= 11 is 0. The molecule has 180 valence electrons. The Morgan fingerprint density at radius 3 is 2.47 bits per heavy atom. The zero-order valence-corrected chi connectivity index (χ0v) is 22.4. The van der Waals surface area contributed by atoms with E-state index in [1.165, 1.54) is 25.8 Å². The molecule has 0 radical (unpaired) electrons. The summed E-state index contributed by atoms with van der Waals surface area (Å²) in [4.78, 5) is 19.4. The predicted molar refractivity (Wildman–Crippen MR) is 142 cm³/mol. The van der Waals surface area contributed by atoms with Crippen LogP contribution in [0, 0.1) is 5.92 Å². The first-order valence-corrected chi connectivity index (χ1v) is 11.5. The van der Waals surface area contributed by atoms with Crippen molar-refractivity contribution >= 4 is 41.5 Å². The van der Waals surface area contributed by atoms with Gasteiger partial charge in [-0.1, -0.05) is 0 Å². The van der Waals surface area contributed by atoms with Gasteiger partial charge in [0.25, 0.3) is 0 Å². The number of benzene rings is 1. The third kappa shape index (κ3) is 9.52. The molecular weight excluding hydrogens is 517 g/mol. The van der Waals surface area contributed by atoms with Gasteiger partial charge in [0.15, 0.2) is 5.96 Å². The van der Waals surface area contributed by atoms with E-state index >= 15 is 0 Å². The topological polar surface area (TPSA) is 78.0 Å². The van der Waals surface area contributed by atoms with Gasteiger partial charge >= 0.3 is 0 Å². The Kier molecular flexibility index (Phi) is 10.1.